The Morgan fingerprint density at radius 1 is 0.846 bits per heavy atom. The molecule has 0 atom stereocenters. The van der Waals surface area contributed by atoms with Crippen LogP contribution in [0.15, 0.2) is 78.9 Å². The summed E-state index contributed by atoms with van der Waals surface area (Å²) >= 11 is 0. The minimum absolute atomic E-state index is 0.0803. The zero-order chi connectivity index (χ0) is 18.2. The summed E-state index contributed by atoms with van der Waals surface area (Å²) in [6, 6.07) is 25.9. The summed E-state index contributed by atoms with van der Waals surface area (Å²) in [4.78, 5) is 12.8. The Labute approximate surface area is 154 Å². The van der Waals surface area contributed by atoms with Gasteiger partial charge < -0.3 is 10.1 Å². The number of methoxy groups -OCH3 is 1. The Kier molecular flexibility index (Phi) is 6.18. The van der Waals surface area contributed by atoms with E-state index >= 15 is 0 Å². The molecule has 0 aromatic heterocycles. The normalized spacial score (nSPS) is 10.5. The number of hydrogen-bond donors (Lipinski definition) is 1. The first kappa shape index (κ1) is 17.9. The molecule has 132 valence electrons. The van der Waals surface area contributed by atoms with Crippen LogP contribution in [-0.2, 0) is 24.2 Å². The smallest absolute Gasteiger partial charge is 0.255 e. The molecule has 1 N–H and O–H groups in total. The van der Waals surface area contributed by atoms with E-state index in [4.69, 9.17) is 4.74 Å². The zero-order valence-corrected chi connectivity index (χ0v) is 14.9. The largest absolute Gasteiger partial charge is 0.380 e. The van der Waals surface area contributed by atoms with Crippen LogP contribution in [0.3, 0.4) is 0 Å². The molecule has 0 aliphatic rings. The minimum atomic E-state index is -0.0803. The molecule has 0 saturated heterocycles. The summed E-state index contributed by atoms with van der Waals surface area (Å²) in [6.07, 6.45) is 1.74. The molecule has 0 saturated carbocycles. The van der Waals surface area contributed by atoms with Gasteiger partial charge >= 0.3 is 0 Å². The van der Waals surface area contributed by atoms with E-state index in [1.165, 1.54) is 5.56 Å². The van der Waals surface area contributed by atoms with E-state index in [1.807, 2.05) is 66.7 Å². The third kappa shape index (κ3) is 4.80. The average Bonchev–Trinajstić information content (AvgIpc) is 2.68. The maximum absolute atomic E-state index is 12.8. The second-order valence-electron chi connectivity index (χ2n) is 6.23. The molecule has 3 nitrogen and oxygen atoms in total. The van der Waals surface area contributed by atoms with Crippen LogP contribution >= 0.6 is 0 Å². The second kappa shape index (κ2) is 8.97. The predicted octanol–water partition coefficient (Wildman–Crippen LogP) is 4.87. The first-order valence-electron chi connectivity index (χ1n) is 8.77. The summed E-state index contributed by atoms with van der Waals surface area (Å²) in [5.74, 6) is -0.0803. The number of benzene rings is 3. The highest BCUT2D eigenvalue weighted by Crippen LogP contribution is 2.17. The van der Waals surface area contributed by atoms with Gasteiger partial charge in [-0.05, 0) is 47.7 Å². The van der Waals surface area contributed by atoms with Crippen molar-refractivity contribution in [1.82, 2.24) is 0 Å². The van der Waals surface area contributed by atoms with Crippen LogP contribution < -0.4 is 5.32 Å². The van der Waals surface area contributed by atoms with Gasteiger partial charge in [-0.25, -0.2) is 0 Å². The lowest BCUT2D eigenvalue weighted by Crippen LogP contribution is -2.14. The summed E-state index contributed by atoms with van der Waals surface area (Å²) < 4.78 is 5.15. The van der Waals surface area contributed by atoms with Crippen LogP contribution in [0.2, 0.25) is 0 Å². The van der Waals surface area contributed by atoms with E-state index in [-0.39, 0.29) is 5.91 Å². The number of carbonyl (C=O) groups excluding carboxylic acids is 1. The Hall–Kier alpha value is -2.91. The number of ether oxygens (including phenoxy) is 1. The molecule has 0 spiro atoms. The topological polar surface area (TPSA) is 38.3 Å². The molecule has 0 fully saturated rings. The molecule has 3 aromatic carbocycles. The van der Waals surface area contributed by atoms with Crippen LogP contribution in [0.5, 0.6) is 0 Å². The van der Waals surface area contributed by atoms with Crippen LogP contribution in [-0.4, -0.2) is 13.0 Å². The van der Waals surface area contributed by atoms with Gasteiger partial charge in [-0.2, -0.15) is 0 Å². The molecular formula is C23H23NO2. The van der Waals surface area contributed by atoms with Gasteiger partial charge in [-0.3, -0.25) is 4.79 Å². The fourth-order valence-electron chi connectivity index (χ4n) is 2.99. The van der Waals surface area contributed by atoms with E-state index < -0.39 is 0 Å². The summed E-state index contributed by atoms with van der Waals surface area (Å²) in [5.41, 5.74) is 4.86. The number of anilines is 1. The monoisotopic (exact) mass is 345 g/mol. The lowest BCUT2D eigenvalue weighted by atomic mass is 9.99. The van der Waals surface area contributed by atoms with Gasteiger partial charge in [0.1, 0.15) is 0 Å². The van der Waals surface area contributed by atoms with Gasteiger partial charge in [0.15, 0.2) is 0 Å². The number of aryl methyl sites for hydroxylation is 2. The quantitative estimate of drug-likeness (QED) is 0.663. The fourth-order valence-corrected chi connectivity index (χ4v) is 2.99. The maximum Gasteiger partial charge on any atom is 0.255 e. The molecule has 0 aliphatic carbocycles. The van der Waals surface area contributed by atoms with Crippen molar-refractivity contribution in [1.29, 1.82) is 0 Å². The van der Waals surface area contributed by atoms with E-state index in [1.54, 1.807) is 7.11 Å². The third-order valence-corrected chi connectivity index (χ3v) is 4.28. The highest BCUT2D eigenvalue weighted by Gasteiger charge is 2.11. The zero-order valence-electron chi connectivity index (χ0n) is 14.9. The molecule has 0 aliphatic heterocycles. The standard InChI is InChI=1S/C23H23NO2/c1-26-17-19-10-7-12-21(16-19)24-23(25)22-13-6-5-11-20(22)15-14-18-8-3-2-4-9-18/h2-13,16H,14-15,17H2,1H3,(H,24,25). The molecule has 1 amide bonds. The van der Waals surface area contributed by atoms with Crippen LogP contribution in [0.4, 0.5) is 5.69 Å². The lowest BCUT2D eigenvalue weighted by molar-refractivity contribution is 0.102. The molecule has 0 bridgehead atoms. The van der Waals surface area contributed by atoms with E-state index in [0.29, 0.717) is 6.61 Å². The molecule has 0 unspecified atom stereocenters. The first-order chi connectivity index (χ1) is 12.8. The van der Waals surface area contributed by atoms with Crippen molar-refractivity contribution in [2.45, 2.75) is 19.4 Å². The van der Waals surface area contributed by atoms with Crippen molar-refractivity contribution in [2.24, 2.45) is 0 Å². The Balaban J connectivity index is 1.72. The number of rotatable bonds is 7. The molecule has 3 aromatic rings. The van der Waals surface area contributed by atoms with E-state index in [9.17, 15) is 4.79 Å². The van der Waals surface area contributed by atoms with Gasteiger partial charge in [0.2, 0.25) is 0 Å². The molecule has 26 heavy (non-hydrogen) atoms. The van der Waals surface area contributed by atoms with Crippen LogP contribution in [0.1, 0.15) is 27.0 Å². The highest BCUT2D eigenvalue weighted by molar-refractivity contribution is 6.05. The van der Waals surface area contributed by atoms with Gasteiger partial charge in [0.25, 0.3) is 5.91 Å². The lowest BCUT2D eigenvalue weighted by Gasteiger charge is -2.11. The Morgan fingerprint density at radius 2 is 1.58 bits per heavy atom. The van der Waals surface area contributed by atoms with E-state index in [0.717, 1.165) is 35.2 Å². The molecule has 3 heteroatoms. The molecule has 0 heterocycles. The average molecular weight is 345 g/mol. The van der Waals surface area contributed by atoms with Gasteiger partial charge in [0, 0.05) is 18.4 Å². The van der Waals surface area contributed by atoms with Gasteiger partial charge in [0.05, 0.1) is 6.61 Å². The number of carbonyl (C=O) groups is 1. The number of nitrogens with one attached hydrogen (secondary N) is 1. The Bertz CT molecular complexity index is 859. The Morgan fingerprint density at radius 3 is 2.38 bits per heavy atom. The van der Waals surface area contributed by atoms with Crippen molar-refractivity contribution in [2.75, 3.05) is 12.4 Å². The SMILES string of the molecule is COCc1cccc(NC(=O)c2ccccc2CCc2ccccc2)c1. The van der Waals surface area contributed by atoms with Crippen molar-refractivity contribution in [3.05, 3.63) is 101 Å². The van der Waals surface area contributed by atoms with Gasteiger partial charge in [-0.15, -0.1) is 0 Å². The first-order valence-corrected chi connectivity index (χ1v) is 8.77. The number of hydrogen-bond acceptors (Lipinski definition) is 2. The maximum atomic E-state index is 12.8. The third-order valence-electron chi connectivity index (χ3n) is 4.28. The summed E-state index contributed by atoms with van der Waals surface area (Å²) in [5, 5.41) is 3.00. The molecule has 0 radical (unpaired) electrons. The predicted molar refractivity (Wildman–Crippen MR) is 105 cm³/mol. The van der Waals surface area contributed by atoms with E-state index in [2.05, 4.69) is 17.4 Å². The summed E-state index contributed by atoms with van der Waals surface area (Å²) in [6.45, 7) is 0.525. The van der Waals surface area contributed by atoms with Crippen molar-refractivity contribution >= 4 is 11.6 Å². The van der Waals surface area contributed by atoms with Crippen LogP contribution in [0.25, 0.3) is 0 Å². The van der Waals surface area contributed by atoms with Gasteiger partial charge in [-0.1, -0.05) is 60.7 Å². The molecule has 3 rings (SSSR count). The van der Waals surface area contributed by atoms with Crippen molar-refractivity contribution < 1.29 is 9.53 Å². The molecular weight excluding hydrogens is 322 g/mol. The minimum Gasteiger partial charge on any atom is -0.380 e. The highest BCUT2D eigenvalue weighted by atomic mass is 16.5. The van der Waals surface area contributed by atoms with Crippen molar-refractivity contribution in [3.8, 4) is 0 Å². The van der Waals surface area contributed by atoms with Crippen molar-refractivity contribution in [3.63, 3.8) is 0 Å². The number of amides is 1. The fraction of sp³-hybridized carbons (Fsp3) is 0.174. The van der Waals surface area contributed by atoms with Crippen LogP contribution in [0, 0.1) is 0 Å². The second-order valence-corrected chi connectivity index (χ2v) is 6.23. The summed E-state index contributed by atoms with van der Waals surface area (Å²) in [7, 11) is 1.66.